The van der Waals surface area contributed by atoms with Crippen molar-refractivity contribution in [1.82, 2.24) is 4.90 Å². The van der Waals surface area contributed by atoms with Crippen LogP contribution in [0, 0.1) is 11.6 Å². The number of likely N-dealkylation sites (tertiary alicyclic amines) is 1. The van der Waals surface area contributed by atoms with Crippen LogP contribution in [0.15, 0.2) is 48.5 Å². The van der Waals surface area contributed by atoms with E-state index >= 15 is 0 Å². The number of rotatable bonds is 4. The predicted octanol–water partition coefficient (Wildman–Crippen LogP) is 3.12. The van der Waals surface area contributed by atoms with Gasteiger partial charge in [-0.15, -0.1) is 0 Å². The highest BCUT2D eigenvalue weighted by Gasteiger charge is 2.21. The van der Waals surface area contributed by atoms with Crippen LogP contribution in [-0.4, -0.2) is 47.5 Å². The molecule has 0 aromatic heterocycles. The number of hydrogen-bond donors (Lipinski definition) is 2. The van der Waals surface area contributed by atoms with Crippen molar-refractivity contribution < 1.29 is 23.7 Å². The van der Waals surface area contributed by atoms with Crippen molar-refractivity contribution in [2.45, 2.75) is 38.3 Å². The van der Waals surface area contributed by atoms with Crippen molar-refractivity contribution in [3.8, 4) is 0 Å². The number of hydrogen-bond acceptors (Lipinski definition) is 4. The molecule has 6 heteroatoms. The third kappa shape index (κ3) is 8.13. The van der Waals surface area contributed by atoms with Gasteiger partial charge in [-0.25, -0.2) is 8.78 Å². The second kappa shape index (κ2) is 11.1. The van der Waals surface area contributed by atoms with Gasteiger partial charge in [-0.2, -0.15) is 0 Å². The largest absolute Gasteiger partial charge is 0.393 e. The Bertz CT molecular complexity index is 687. The lowest BCUT2D eigenvalue weighted by atomic mass is 10.1. The zero-order valence-electron chi connectivity index (χ0n) is 15.5. The van der Waals surface area contributed by atoms with Crippen LogP contribution in [0.4, 0.5) is 8.78 Å². The lowest BCUT2D eigenvalue weighted by Gasteiger charge is -2.20. The van der Waals surface area contributed by atoms with Crippen LogP contribution in [0.1, 0.15) is 24.0 Å². The number of likely N-dealkylation sites (N-methyl/N-ethyl adjacent to an activating group) is 1. The Morgan fingerprint density at radius 3 is 2.30 bits per heavy atom. The molecular formula is C21H27F2NO3. The summed E-state index contributed by atoms with van der Waals surface area (Å²) in [4.78, 5) is 2.16. The van der Waals surface area contributed by atoms with Gasteiger partial charge in [0, 0.05) is 19.5 Å². The van der Waals surface area contributed by atoms with E-state index in [9.17, 15) is 13.9 Å². The van der Waals surface area contributed by atoms with E-state index < -0.39 is 0 Å². The number of ether oxygens (including phenoxy) is 1. The lowest BCUT2D eigenvalue weighted by molar-refractivity contribution is 0.00323. The SMILES string of the molecule is CN1CCC(O)CC(OCc2cccc(F)c2)C1.OCc1cccc(F)c1. The van der Waals surface area contributed by atoms with Crippen molar-refractivity contribution >= 4 is 0 Å². The van der Waals surface area contributed by atoms with Gasteiger partial charge >= 0.3 is 0 Å². The molecule has 1 fully saturated rings. The zero-order chi connectivity index (χ0) is 19.6. The highest BCUT2D eigenvalue weighted by molar-refractivity contribution is 5.15. The number of aliphatic hydroxyl groups is 2. The third-order valence-electron chi connectivity index (χ3n) is 4.34. The van der Waals surface area contributed by atoms with Crippen molar-refractivity contribution in [3.63, 3.8) is 0 Å². The van der Waals surface area contributed by atoms with Gasteiger partial charge < -0.3 is 19.8 Å². The number of halogens is 2. The van der Waals surface area contributed by atoms with E-state index in [1.54, 1.807) is 18.2 Å². The Hall–Kier alpha value is -1.86. The van der Waals surface area contributed by atoms with Gasteiger partial charge in [0.1, 0.15) is 11.6 Å². The molecule has 2 aromatic carbocycles. The minimum absolute atomic E-state index is 0.00997. The van der Waals surface area contributed by atoms with Crippen LogP contribution in [-0.2, 0) is 18.0 Å². The van der Waals surface area contributed by atoms with Crippen LogP contribution in [0.5, 0.6) is 0 Å². The van der Waals surface area contributed by atoms with Crippen LogP contribution in [0.25, 0.3) is 0 Å². The summed E-state index contributed by atoms with van der Waals surface area (Å²) in [6, 6.07) is 12.3. The Morgan fingerprint density at radius 2 is 1.70 bits per heavy atom. The van der Waals surface area contributed by atoms with Crippen molar-refractivity contribution in [3.05, 3.63) is 71.3 Å². The average Bonchev–Trinajstić information content (AvgIpc) is 2.81. The summed E-state index contributed by atoms with van der Waals surface area (Å²) in [6.07, 6.45) is 1.15. The molecule has 4 nitrogen and oxygen atoms in total. The van der Waals surface area contributed by atoms with E-state index in [0.29, 0.717) is 18.6 Å². The molecule has 2 unspecified atom stereocenters. The smallest absolute Gasteiger partial charge is 0.123 e. The molecule has 1 aliphatic heterocycles. The van der Waals surface area contributed by atoms with E-state index in [1.165, 1.54) is 24.3 Å². The first-order chi connectivity index (χ1) is 13.0. The van der Waals surface area contributed by atoms with Crippen molar-refractivity contribution in [2.75, 3.05) is 20.1 Å². The summed E-state index contributed by atoms with van der Waals surface area (Å²) in [7, 11) is 2.02. The minimum Gasteiger partial charge on any atom is -0.393 e. The summed E-state index contributed by atoms with van der Waals surface area (Å²) >= 11 is 0. The fourth-order valence-electron chi connectivity index (χ4n) is 2.90. The summed E-state index contributed by atoms with van der Waals surface area (Å²) in [5, 5.41) is 18.2. The molecule has 0 aliphatic carbocycles. The Balaban J connectivity index is 0.000000244. The molecule has 0 spiro atoms. The summed E-state index contributed by atoms with van der Waals surface area (Å²) in [5.74, 6) is -0.546. The minimum atomic E-state index is -0.304. The summed E-state index contributed by atoms with van der Waals surface area (Å²) in [6.45, 7) is 1.99. The monoisotopic (exact) mass is 379 g/mol. The molecule has 1 heterocycles. The Labute approximate surface area is 159 Å². The van der Waals surface area contributed by atoms with Crippen molar-refractivity contribution in [2.24, 2.45) is 0 Å². The van der Waals surface area contributed by atoms with Gasteiger partial charge in [0.2, 0.25) is 0 Å². The molecule has 0 bridgehead atoms. The first kappa shape index (κ1) is 21.4. The topological polar surface area (TPSA) is 52.9 Å². The summed E-state index contributed by atoms with van der Waals surface area (Å²) in [5.41, 5.74) is 1.44. The highest BCUT2D eigenvalue weighted by atomic mass is 19.1. The second-order valence-electron chi connectivity index (χ2n) is 6.79. The fourth-order valence-corrected chi connectivity index (χ4v) is 2.90. The number of nitrogens with zero attached hydrogens (tertiary/aromatic N) is 1. The van der Waals surface area contributed by atoms with Crippen LogP contribution in [0.3, 0.4) is 0 Å². The van der Waals surface area contributed by atoms with Crippen molar-refractivity contribution in [1.29, 1.82) is 0 Å². The van der Waals surface area contributed by atoms with Gasteiger partial charge in [-0.3, -0.25) is 0 Å². The molecule has 3 rings (SSSR count). The molecule has 1 aliphatic rings. The van der Waals surface area contributed by atoms with Gasteiger partial charge in [0.05, 0.1) is 25.4 Å². The molecule has 2 aromatic rings. The van der Waals surface area contributed by atoms with Gasteiger partial charge in [-0.1, -0.05) is 24.3 Å². The number of benzene rings is 2. The molecule has 2 atom stereocenters. The van der Waals surface area contributed by atoms with Crippen LogP contribution >= 0.6 is 0 Å². The van der Waals surface area contributed by atoms with Gasteiger partial charge in [0.25, 0.3) is 0 Å². The van der Waals surface area contributed by atoms with E-state index in [0.717, 1.165) is 25.1 Å². The normalized spacial score (nSPS) is 20.5. The van der Waals surface area contributed by atoms with E-state index in [4.69, 9.17) is 9.84 Å². The quantitative estimate of drug-likeness (QED) is 0.857. The van der Waals surface area contributed by atoms with Crippen LogP contribution < -0.4 is 0 Å². The van der Waals surface area contributed by atoms with Gasteiger partial charge in [-0.05, 0) is 48.9 Å². The standard InChI is InChI=1S/C14H20FNO2.C7H7FO/c1-16-6-5-13(17)8-14(9-16)18-10-11-3-2-4-12(15)7-11;8-7-3-1-2-6(4-7)5-9/h2-4,7,13-14,17H,5-6,8-10H2,1H3;1-4,9H,5H2. The molecule has 0 radical (unpaired) electrons. The molecule has 148 valence electrons. The van der Waals surface area contributed by atoms with Gasteiger partial charge in [0.15, 0.2) is 0 Å². The molecule has 0 amide bonds. The van der Waals surface area contributed by atoms with E-state index in [-0.39, 0.29) is 30.4 Å². The lowest BCUT2D eigenvalue weighted by Crippen LogP contribution is -2.29. The van der Waals surface area contributed by atoms with Crippen LogP contribution in [0.2, 0.25) is 0 Å². The maximum atomic E-state index is 13.0. The molecular weight excluding hydrogens is 352 g/mol. The number of aliphatic hydroxyl groups excluding tert-OH is 2. The van der Waals surface area contributed by atoms with E-state index in [1.807, 2.05) is 13.1 Å². The first-order valence-corrected chi connectivity index (χ1v) is 9.04. The van der Waals surface area contributed by atoms with E-state index in [2.05, 4.69) is 4.90 Å². The maximum Gasteiger partial charge on any atom is 0.123 e. The first-order valence-electron chi connectivity index (χ1n) is 9.04. The fraction of sp³-hybridized carbons (Fsp3) is 0.429. The predicted molar refractivity (Wildman–Crippen MR) is 100 cm³/mol. The Kier molecular flexibility index (Phi) is 8.81. The maximum absolute atomic E-state index is 13.0. The molecule has 27 heavy (non-hydrogen) atoms. The average molecular weight is 379 g/mol. The zero-order valence-corrected chi connectivity index (χ0v) is 15.5. The second-order valence-corrected chi connectivity index (χ2v) is 6.79. The Morgan fingerprint density at radius 1 is 1.07 bits per heavy atom. The molecule has 0 saturated carbocycles. The molecule has 1 saturated heterocycles. The third-order valence-corrected chi connectivity index (χ3v) is 4.34. The summed E-state index contributed by atoms with van der Waals surface area (Å²) < 4.78 is 31.0. The molecule has 2 N–H and O–H groups in total. The highest BCUT2D eigenvalue weighted by Crippen LogP contribution is 2.15.